The Labute approximate surface area is 179 Å². The van der Waals surface area contributed by atoms with Crippen LogP contribution in [0.3, 0.4) is 0 Å². The number of pyridine rings is 2. The maximum atomic E-state index is 12.5. The Balaban J connectivity index is 1.39. The largest absolute Gasteiger partial charge is 0.390 e. The van der Waals surface area contributed by atoms with E-state index in [1.165, 1.54) is 10.5 Å². The van der Waals surface area contributed by atoms with Crippen molar-refractivity contribution in [2.75, 3.05) is 6.54 Å². The zero-order valence-corrected chi connectivity index (χ0v) is 16.8. The Bertz CT molecular complexity index is 1330. The fourth-order valence-corrected chi connectivity index (χ4v) is 3.17. The molecular weight excluding hydrogens is 425 g/mol. The van der Waals surface area contributed by atoms with E-state index in [9.17, 15) is 22.8 Å². The molecule has 2 N–H and O–H groups in total. The van der Waals surface area contributed by atoms with Crippen molar-refractivity contribution in [3.63, 3.8) is 0 Å². The number of amides is 1. The SMILES string of the molecule is O=C(NCc1cn2cc(CNCCC(F)(F)F)ccc2n1)c1cc(=O)n2ccccc2n1. The monoisotopic (exact) mass is 444 g/mol. The van der Waals surface area contributed by atoms with E-state index < -0.39 is 18.5 Å². The Morgan fingerprint density at radius 2 is 1.88 bits per heavy atom. The molecule has 4 aromatic rings. The fourth-order valence-electron chi connectivity index (χ4n) is 3.17. The maximum Gasteiger partial charge on any atom is 0.390 e. The smallest absolute Gasteiger partial charge is 0.345 e. The van der Waals surface area contributed by atoms with Crippen molar-refractivity contribution in [1.29, 1.82) is 0 Å². The van der Waals surface area contributed by atoms with Gasteiger partial charge in [0.15, 0.2) is 0 Å². The molecule has 0 aliphatic carbocycles. The first-order chi connectivity index (χ1) is 15.3. The van der Waals surface area contributed by atoms with E-state index in [0.29, 0.717) is 23.5 Å². The van der Waals surface area contributed by atoms with Crippen LogP contribution >= 0.6 is 0 Å². The number of carbonyl (C=O) groups excluding carboxylic acids is 1. The summed E-state index contributed by atoms with van der Waals surface area (Å²) in [4.78, 5) is 33.2. The highest BCUT2D eigenvalue weighted by Gasteiger charge is 2.25. The lowest BCUT2D eigenvalue weighted by Gasteiger charge is -2.08. The second kappa shape index (κ2) is 8.79. The number of halogens is 3. The van der Waals surface area contributed by atoms with Gasteiger partial charge in [0.1, 0.15) is 17.0 Å². The molecule has 166 valence electrons. The van der Waals surface area contributed by atoms with Gasteiger partial charge in [-0.15, -0.1) is 0 Å². The lowest BCUT2D eigenvalue weighted by molar-refractivity contribution is -0.133. The van der Waals surface area contributed by atoms with Crippen molar-refractivity contribution in [2.24, 2.45) is 0 Å². The van der Waals surface area contributed by atoms with Crippen molar-refractivity contribution in [3.05, 3.63) is 82.3 Å². The summed E-state index contributed by atoms with van der Waals surface area (Å²) in [5.74, 6) is -0.500. The van der Waals surface area contributed by atoms with Gasteiger partial charge in [0.05, 0.1) is 18.7 Å². The molecule has 0 fully saturated rings. The Kier molecular flexibility index (Phi) is 5.91. The summed E-state index contributed by atoms with van der Waals surface area (Å²) < 4.78 is 39.7. The van der Waals surface area contributed by atoms with Gasteiger partial charge in [-0.2, -0.15) is 13.2 Å². The van der Waals surface area contributed by atoms with Crippen LogP contribution in [0.25, 0.3) is 11.3 Å². The summed E-state index contributed by atoms with van der Waals surface area (Å²) in [5, 5.41) is 5.45. The third-order valence-electron chi connectivity index (χ3n) is 4.71. The summed E-state index contributed by atoms with van der Waals surface area (Å²) in [7, 11) is 0. The van der Waals surface area contributed by atoms with Crippen LogP contribution in [-0.4, -0.2) is 37.4 Å². The number of aromatic nitrogens is 4. The number of rotatable bonds is 7. The normalized spacial score (nSPS) is 11.8. The molecule has 4 aromatic heterocycles. The van der Waals surface area contributed by atoms with E-state index in [1.54, 1.807) is 53.3 Å². The van der Waals surface area contributed by atoms with Crippen LogP contribution in [0.1, 0.15) is 28.2 Å². The summed E-state index contributed by atoms with van der Waals surface area (Å²) >= 11 is 0. The van der Waals surface area contributed by atoms with Crippen LogP contribution in [0.15, 0.2) is 59.8 Å². The quantitative estimate of drug-likeness (QED) is 0.427. The molecule has 4 heterocycles. The second-order valence-electron chi connectivity index (χ2n) is 7.17. The van der Waals surface area contributed by atoms with E-state index in [4.69, 9.17) is 0 Å². The molecule has 0 radical (unpaired) electrons. The highest BCUT2D eigenvalue weighted by molar-refractivity contribution is 5.92. The molecule has 11 heteroatoms. The van der Waals surface area contributed by atoms with Crippen molar-refractivity contribution < 1.29 is 18.0 Å². The van der Waals surface area contributed by atoms with Crippen LogP contribution in [-0.2, 0) is 13.1 Å². The number of carbonyl (C=O) groups is 1. The summed E-state index contributed by atoms with van der Waals surface area (Å²) in [5.41, 5.74) is 2.04. The van der Waals surface area contributed by atoms with Crippen LogP contribution in [0.2, 0.25) is 0 Å². The minimum Gasteiger partial charge on any atom is -0.345 e. The molecule has 0 aliphatic heterocycles. The fraction of sp³-hybridized carbons (Fsp3) is 0.238. The topological polar surface area (TPSA) is 92.8 Å². The molecule has 0 atom stereocenters. The lowest BCUT2D eigenvalue weighted by atomic mass is 10.3. The predicted octanol–water partition coefficient (Wildman–Crippen LogP) is 2.31. The van der Waals surface area contributed by atoms with Crippen LogP contribution in [0.5, 0.6) is 0 Å². The number of fused-ring (bicyclic) bond motifs is 2. The number of nitrogens with zero attached hydrogens (tertiary/aromatic N) is 4. The summed E-state index contributed by atoms with van der Waals surface area (Å²) in [6, 6.07) is 9.75. The van der Waals surface area contributed by atoms with Crippen molar-refractivity contribution in [3.8, 4) is 0 Å². The van der Waals surface area contributed by atoms with Crippen molar-refractivity contribution in [2.45, 2.75) is 25.7 Å². The van der Waals surface area contributed by atoms with Gasteiger partial charge in [-0.05, 0) is 23.8 Å². The zero-order chi connectivity index (χ0) is 22.7. The van der Waals surface area contributed by atoms with E-state index >= 15 is 0 Å². The van der Waals surface area contributed by atoms with Gasteiger partial charge < -0.3 is 15.0 Å². The van der Waals surface area contributed by atoms with Gasteiger partial charge in [0.2, 0.25) is 0 Å². The number of nitrogens with one attached hydrogen (secondary N) is 2. The molecular formula is C21H19F3N6O2. The molecule has 0 unspecified atom stereocenters. The Morgan fingerprint density at radius 3 is 2.69 bits per heavy atom. The first-order valence-electron chi connectivity index (χ1n) is 9.79. The molecule has 0 saturated carbocycles. The molecule has 0 spiro atoms. The zero-order valence-electron chi connectivity index (χ0n) is 16.8. The molecule has 8 nitrogen and oxygen atoms in total. The molecule has 32 heavy (non-hydrogen) atoms. The molecule has 0 aliphatic rings. The predicted molar refractivity (Wildman–Crippen MR) is 110 cm³/mol. The molecule has 0 bridgehead atoms. The van der Waals surface area contributed by atoms with E-state index in [2.05, 4.69) is 20.6 Å². The third kappa shape index (κ3) is 5.11. The number of hydrogen-bond donors (Lipinski definition) is 2. The minimum absolute atomic E-state index is 0.0113. The lowest BCUT2D eigenvalue weighted by Crippen LogP contribution is -2.27. The van der Waals surface area contributed by atoms with Gasteiger partial charge >= 0.3 is 6.18 Å². The van der Waals surface area contributed by atoms with Gasteiger partial charge in [-0.25, -0.2) is 9.97 Å². The maximum absolute atomic E-state index is 12.5. The molecule has 0 saturated heterocycles. The standard InChI is InChI=1S/C21H19F3N6O2/c22-21(23,24)6-7-25-10-14-4-5-17-27-15(13-29(17)12-14)11-26-20(32)16-9-19(31)30-8-2-1-3-18(30)28-16/h1-5,8-9,12-13,25H,6-7,10-11H2,(H,26,32). The summed E-state index contributed by atoms with van der Waals surface area (Å²) in [6.45, 7) is 0.254. The molecule has 4 rings (SSSR count). The number of alkyl halides is 3. The van der Waals surface area contributed by atoms with Gasteiger partial charge in [-0.1, -0.05) is 12.1 Å². The minimum atomic E-state index is -4.18. The van der Waals surface area contributed by atoms with Gasteiger partial charge in [0, 0.05) is 37.7 Å². The number of imidazole rings is 1. The average molecular weight is 444 g/mol. The third-order valence-corrected chi connectivity index (χ3v) is 4.71. The Morgan fingerprint density at radius 1 is 1.03 bits per heavy atom. The summed E-state index contributed by atoms with van der Waals surface area (Å²) in [6.07, 6.45) is -0.0133. The number of hydrogen-bond acceptors (Lipinski definition) is 5. The Hall–Kier alpha value is -3.73. The van der Waals surface area contributed by atoms with Crippen LogP contribution in [0, 0.1) is 0 Å². The van der Waals surface area contributed by atoms with Crippen molar-refractivity contribution in [1.82, 2.24) is 29.4 Å². The average Bonchev–Trinajstić information content (AvgIpc) is 3.16. The van der Waals surface area contributed by atoms with Gasteiger partial charge in [-0.3, -0.25) is 14.0 Å². The first-order valence-corrected chi connectivity index (χ1v) is 9.79. The molecule has 0 aromatic carbocycles. The van der Waals surface area contributed by atoms with Crippen LogP contribution < -0.4 is 16.2 Å². The van der Waals surface area contributed by atoms with Crippen LogP contribution in [0.4, 0.5) is 13.2 Å². The molecule has 1 amide bonds. The van der Waals surface area contributed by atoms with E-state index in [0.717, 1.165) is 5.56 Å². The van der Waals surface area contributed by atoms with E-state index in [1.807, 2.05) is 0 Å². The first kappa shape index (κ1) is 21.5. The van der Waals surface area contributed by atoms with Crippen molar-refractivity contribution >= 4 is 17.2 Å². The van der Waals surface area contributed by atoms with Gasteiger partial charge in [0.25, 0.3) is 11.5 Å². The second-order valence-corrected chi connectivity index (χ2v) is 7.17. The highest BCUT2D eigenvalue weighted by Crippen LogP contribution is 2.18. The van der Waals surface area contributed by atoms with E-state index in [-0.39, 0.29) is 24.3 Å². The highest BCUT2D eigenvalue weighted by atomic mass is 19.4.